The second-order valence-corrected chi connectivity index (χ2v) is 5.48. The van der Waals surface area contributed by atoms with Crippen LogP contribution in [-0.2, 0) is 32.2 Å². The lowest BCUT2D eigenvalue weighted by Crippen LogP contribution is -2.36. The number of esters is 1. The Hall–Kier alpha value is -1.91. The molecule has 0 N–H and O–H groups in total. The molecule has 0 radical (unpaired) electrons. The van der Waals surface area contributed by atoms with Gasteiger partial charge in [0.1, 0.15) is 6.61 Å². The lowest BCUT2D eigenvalue weighted by Gasteiger charge is -2.25. The quantitative estimate of drug-likeness (QED) is 0.633. The Morgan fingerprint density at radius 3 is 2.68 bits per heavy atom. The molecule has 0 amide bonds. The van der Waals surface area contributed by atoms with Crippen molar-refractivity contribution in [1.29, 1.82) is 0 Å². The zero-order chi connectivity index (χ0) is 15.9. The number of rotatable bonds is 4. The number of carbonyl (C=O) groups is 1. The third-order valence-corrected chi connectivity index (χ3v) is 3.49. The molecule has 1 heterocycles. The fourth-order valence-corrected chi connectivity index (χ4v) is 2.25. The zero-order valence-corrected chi connectivity index (χ0v) is 12.9. The van der Waals surface area contributed by atoms with Gasteiger partial charge < -0.3 is 14.2 Å². The van der Waals surface area contributed by atoms with Crippen molar-refractivity contribution in [2.45, 2.75) is 26.2 Å². The molecule has 0 aliphatic carbocycles. The van der Waals surface area contributed by atoms with E-state index in [1.54, 1.807) is 6.08 Å². The summed E-state index contributed by atoms with van der Waals surface area (Å²) in [4.78, 5) is 12.3. The van der Waals surface area contributed by atoms with Crippen LogP contribution in [0.4, 0.5) is 0 Å². The van der Waals surface area contributed by atoms with E-state index < -0.39 is 12.1 Å². The van der Waals surface area contributed by atoms with Crippen molar-refractivity contribution < 1.29 is 19.0 Å². The standard InChI is InChI=1S/C18H22O4/c1-4-14-10-20-11-15-7-5-6-8-16(15)12-22-18(19)17(14)21-9-13(2)3/h4-8,14,17H,1-2,9-12H2,3H3/t14-,17-/m1/s1. The van der Waals surface area contributed by atoms with Crippen LogP contribution in [0.25, 0.3) is 0 Å². The number of carbonyl (C=O) groups excluding carboxylic acids is 1. The van der Waals surface area contributed by atoms with Crippen molar-refractivity contribution >= 4 is 5.97 Å². The summed E-state index contributed by atoms with van der Waals surface area (Å²) < 4.78 is 16.8. The summed E-state index contributed by atoms with van der Waals surface area (Å²) >= 11 is 0. The third kappa shape index (κ3) is 4.29. The van der Waals surface area contributed by atoms with Gasteiger partial charge in [-0.25, -0.2) is 4.79 Å². The van der Waals surface area contributed by atoms with Crippen LogP contribution in [0.5, 0.6) is 0 Å². The Labute approximate surface area is 131 Å². The molecule has 2 atom stereocenters. The van der Waals surface area contributed by atoms with Crippen molar-refractivity contribution in [1.82, 2.24) is 0 Å². The van der Waals surface area contributed by atoms with Gasteiger partial charge in [0.15, 0.2) is 6.10 Å². The van der Waals surface area contributed by atoms with Crippen LogP contribution >= 0.6 is 0 Å². The second-order valence-electron chi connectivity index (χ2n) is 5.48. The van der Waals surface area contributed by atoms with Gasteiger partial charge in [0.25, 0.3) is 0 Å². The predicted molar refractivity (Wildman–Crippen MR) is 84.1 cm³/mol. The Kier molecular flexibility index (Phi) is 5.92. The van der Waals surface area contributed by atoms with Gasteiger partial charge in [0.2, 0.25) is 0 Å². The molecule has 1 aromatic rings. The first-order valence-electron chi connectivity index (χ1n) is 7.31. The fraction of sp³-hybridized carbons (Fsp3) is 0.389. The van der Waals surface area contributed by atoms with Gasteiger partial charge in [0.05, 0.1) is 19.8 Å². The molecule has 22 heavy (non-hydrogen) atoms. The van der Waals surface area contributed by atoms with Gasteiger partial charge in [-0.2, -0.15) is 0 Å². The fourth-order valence-electron chi connectivity index (χ4n) is 2.25. The number of benzene rings is 1. The summed E-state index contributed by atoms with van der Waals surface area (Å²) in [6.07, 6.45) is 0.956. The predicted octanol–water partition coefficient (Wildman–Crippen LogP) is 3.02. The number of hydrogen-bond acceptors (Lipinski definition) is 4. The molecule has 1 aliphatic rings. The van der Waals surface area contributed by atoms with E-state index in [0.29, 0.717) is 19.8 Å². The molecule has 4 nitrogen and oxygen atoms in total. The van der Waals surface area contributed by atoms with E-state index in [9.17, 15) is 4.79 Å². The minimum Gasteiger partial charge on any atom is -0.459 e. The van der Waals surface area contributed by atoms with Gasteiger partial charge in [-0.15, -0.1) is 6.58 Å². The van der Waals surface area contributed by atoms with Crippen LogP contribution in [0.3, 0.4) is 0 Å². The Balaban J connectivity index is 2.17. The molecule has 0 aromatic heterocycles. The number of ether oxygens (including phenoxy) is 3. The first kappa shape index (κ1) is 16.5. The van der Waals surface area contributed by atoms with Crippen molar-refractivity contribution in [3.63, 3.8) is 0 Å². The highest BCUT2D eigenvalue weighted by atomic mass is 16.6. The molecule has 4 heteroatoms. The molecule has 118 valence electrons. The monoisotopic (exact) mass is 302 g/mol. The molecule has 1 aromatic carbocycles. The first-order chi connectivity index (χ1) is 10.6. The number of hydrogen-bond donors (Lipinski definition) is 0. The average Bonchev–Trinajstić information content (AvgIpc) is 2.51. The van der Waals surface area contributed by atoms with Crippen molar-refractivity contribution in [2.24, 2.45) is 5.92 Å². The van der Waals surface area contributed by atoms with Gasteiger partial charge in [-0.1, -0.05) is 42.5 Å². The van der Waals surface area contributed by atoms with Crippen molar-refractivity contribution in [3.8, 4) is 0 Å². The highest BCUT2D eigenvalue weighted by Crippen LogP contribution is 2.19. The number of cyclic esters (lactones) is 1. The normalized spacial score (nSPS) is 22.3. The van der Waals surface area contributed by atoms with E-state index in [1.807, 2.05) is 31.2 Å². The molecule has 0 bridgehead atoms. The van der Waals surface area contributed by atoms with E-state index in [1.165, 1.54) is 0 Å². The smallest absolute Gasteiger partial charge is 0.336 e. The number of fused-ring (bicyclic) bond motifs is 1. The Morgan fingerprint density at radius 1 is 1.36 bits per heavy atom. The largest absolute Gasteiger partial charge is 0.459 e. The van der Waals surface area contributed by atoms with Crippen LogP contribution in [-0.4, -0.2) is 25.3 Å². The molecule has 2 rings (SSSR count). The molecule has 1 aliphatic heterocycles. The van der Waals surface area contributed by atoms with Gasteiger partial charge in [0, 0.05) is 5.92 Å². The van der Waals surface area contributed by atoms with Crippen molar-refractivity contribution in [3.05, 3.63) is 60.2 Å². The van der Waals surface area contributed by atoms with Gasteiger partial charge in [-0.3, -0.25) is 0 Å². The maximum Gasteiger partial charge on any atom is 0.336 e. The molecule has 0 saturated carbocycles. The van der Waals surface area contributed by atoms with Crippen LogP contribution in [0.1, 0.15) is 18.1 Å². The first-order valence-corrected chi connectivity index (χ1v) is 7.31. The minimum atomic E-state index is -0.723. The summed E-state index contributed by atoms with van der Waals surface area (Å²) in [5.41, 5.74) is 2.82. The SMILES string of the molecule is C=C[C@@H]1COCc2ccccc2COC(=O)[C@@H]1OCC(=C)C. The van der Waals surface area contributed by atoms with E-state index in [2.05, 4.69) is 13.2 Å². The molecular weight excluding hydrogens is 280 g/mol. The summed E-state index contributed by atoms with van der Waals surface area (Å²) in [6.45, 7) is 10.8. The summed E-state index contributed by atoms with van der Waals surface area (Å²) in [5.74, 6) is -0.649. The van der Waals surface area contributed by atoms with Gasteiger partial charge >= 0.3 is 5.97 Å². The Morgan fingerprint density at radius 2 is 2.05 bits per heavy atom. The van der Waals surface area contributed by atoms with E-state index in [4.69, 9.17) is 14.2 Å². The summed E-state index contributed by atoms with van der Waals surface area (Å²) in [7, 11) is 0. The topological polar surface area (TPSA) is 44.8 Å². The molecule has 0 spiro atoms. The van der Waals surface area contributed by atoms with E-state index >= 15 is 0 Å². The molecule has 0 fully saturated rings. The molecular formula is C18H22O4. The lowest BCUT2D eigenvalue weighted by atomic mass is 10.0. The highest BCUT2D eigenvalue weighted by Gasteiger charge is 2.30. The summed E-state index contributed by atoms with van der Waals surface area (Å²) in [5, 5.41) is 0. The minimum absolute atomic E-state index is 0.217. The zero-order valence-electron chi connectivity index (χ0n) is 12.9. The Bertz CT molecular complexity index is 550. The molecule has 0 saturated heterocycles. The third-order valence-electron chi connectivity index (χ3n) is 3.49. The maximum absolute atomic E-state index is 12.3. The van der Waals surface area contributed by atoms with Crippen LogP contribution in [0.15, 0.2) is 49.1 Å². The average molecular weight is 302 g/mol. The van der Waals surface area contributed by atoms with Crippen LogP contribution < -0.4 is 0 Å². The highest BCUT2D eigenvalue weighted by molar-refractivity contribution is 5.75. The molecule has 0 unspecified atom stereocenters. The second kappa shape index (κ2) is 7.92. The van der Waals surface area contributed by atoms with Crippen LogP contribution in [0, 0.1) is 5.92 Å². The maximum atomic E-state index is 12.3. The van der Waals surface area contributed by atoms with E-state index in [-0.39, 0.29) is 12.5 Å². The van der Waals surface area contributed by atoms with Crippen molar-refractivity contribution in [2.75, 3.05) is 13.2 Å². The van der Waals surface area contributed by atoms with Gasteiger partial charge in [-0.05, 0) is 18.1 Å². The van der Waals surface area contributed by atoms with E-state index in [0.717, 1.165) is 16.7 Å². The van der Waals surface area contributed by atoms with Crippen LogP contribution in [0.2, 0.25) is 0 Å². The lowest BCUT2D eigenvalue weighted by molar-refractivity contribution is -0.162. The summed E-state index contributed by atoms with van der Waals surface area (Å²) in [6, 6.07) is 7.77.